The lowest BCUT2D eigenvalue weighted by atomic mass is 10.1. The molecule has 110 valence electrons. The molecule has 0 aliphatic rings. The number of benzene rings is 2. The van der Waals surface area contributed by atoms with Crippen molar-refractivity contribution in [3.05, 3.63) is 72.8 Å². The standard InChI is InChI=1S/C16H17NO3S/c1-3-15(18)14-11-7-8-12-16(14)21(19,20)17(2)13-9-5-4-6-10-13/h3-12,15,18H,1H2,2H3. The third-order valence-corrected chi connectivity index (χ3v) is 5.08. The predicted molar refractivity (Wildman–Crippen MR) is 83.6 cm³/mol. The number of aliphatic hydroxyl groups excluding tert-OH is 1. The molecule has 2 aromatic rings. The van der Waals surface area contributed by atoms with Crippen LogP contribution in [0.1, 0.15) is 11.7 Å². The van der Waals surface area contributed by atoms with Gasteiger partial charge in [0.15, 0.2) is 0 Å². The van der Waals surface area contributed by atoms with E-state index in [0.29, 0.717) is 11.3 Å². The van der Waals surface area contributed by atoms with Gasteiger partial charge >= 0.3 is 0 Å². The van der Waals surface area contributed by atoms with E-state index in [-0.39, 0.29) is 4.90 Å². The zero-order chi connectivity index (χ0) is 15.5. The molecule has 5 heteroatoms. The lowest BCUT2D eigenvalue weighted by molar-refractivity contribution is 0.226. The minimum absolute atomic E-state index is 0.0729. The maximum Gasteiger partial charge on any atom is 0.264 e. The van der Waals surface area contributed by atoms with E-state index in [0.717, 1.165) is 0 Å². The SMILES string of the molecule is C=CC(O)c1ccccc1S(=O)(=O)N(C)c1ccccc1. The molecule has 21 heavy (non-hydrogen) atoms. The molecule has 2 rings (SSSR count). The van der Waals surface area contributed by atoms with Crippen molar-refractivity contribution >= 4 is 15.7 Å². The summed E-state index contributed by atoms with van der Waals surface area (Å²) in [6, 6.07) is 15.2. The zero-order valence-electron chi connectivity index (χ0n) is 11.7. The first-order valence-corrected chi connectivity index (χ1v) is 7.86. The summed E-state index contributed by atoms with van der Waals surface area (Å²) in [6.07, 6.45) is 0.275. The second-order valence-electron chi connectivity index (χ2n) is 4.53. The van der Waals surface area contributed by atoms with Crippen LogP contribution in [0.3, 0.4) is 0 Å². The van der Waals surface area contributed by atoms with Crippen LogP contribution in [0.25, 0.3) is 0 Å². The fourth-order valence-electron chi connectivity index (χ4n) is 2.01. The monoisotopic (exact) mass is 303 g/mol. The minimum atomic E-state index is -3.75. The molecule has 0 aliphatic carbocycles. The molecule has 0 heterocycles. The summed E-state index contributed by atoms with van der Waals surface area (Å²) < 4.78 is 26.7. The van der Waals surface area contributed by atoms with Gasteiger partial charge in [-0.2, -0.15) is 0 Å². The van der Waals surface area contributed by atoms with E-state index in [1.807, 2.05) is 6.07 Å². The fourth-order valence-corrected chi connectivity index (χ4v) is 3.44. The zero-order valence-corrected chi connectivity index (χ0v) is 12.5. The average Bonchev–Trinajstić information content (AvgIpc) is 2.54. The normalized spacial score (nSPS) is 12.7. The van der Waals surface area contributed by atoms with Crippen LogP contribution in [0.5, 0.6) is 0 Å². The Kier molecular flexibility index (Phi) is 4.45. The molecule has 0 saturated carbocycles. The van der Waals surface area contributed by atoms with Gasteiger partial charge in [0, 0.05) is 12.6 Å². The first-order chi connectivity index (χ1) is 9.98. The Morgan fingerprint density at radius 1 is 1.10 bits per heavy atom. The van der Waals surface area contributed by atoms with Gasteiger partial charge in [0.05, 0.1) is 16.7 Å². The Balaban J connectivity index is 2.53. The summed E-state index contributed by atoms with van der Waals surface area (Å²) in [5.74, 6) is 0. The van der Waals surface area contributed by atoms with Crippen LogP contribution in [0.2, 0.25) is 0 Å². The summed E-state index contributed by atoms with van der Waals surface area (Å²) >= 11 is 0. The Morgan fingerprint density at radius 2 is 1.67 bits per heavy atom. The second kappa shape index (κ2) is 6.11. The van der Waals surface area contributed by atoms with Gasteiger partial charge in [-0.1, -0.05) is 42.5 Å². The number of rotatable bonds is 5. The smallest absolute Gasteiger partial charge is 0.264 e. The van der Waals surface area contributed by atoms with Gasteiger partial charge in [-0.3, -0.25) is 4.31 Å². The topological polar surface area (TPSA) is 57.6 Å². The summed E-state index contributed by atoms with van der Waals surface area (Å²) in [4.78, 5) is 0.0729. The van der Waals surface area contributed by atoms with E-state index < -0.39 is 16.1 Å². The summed E-state index contributed by atoms with van der Waals surface area (Å²) in [5, 5.41) is 9.92. The van der Waals surface area contributed by atoms with Crippen molar-refractivity contribution in [1.29, 1.82) is 0 Å². The van der Waals surface area contributed by atoms with Crippen molar-refractivity contribution in [3.8, 4) is 0 Å². The number of hydrogen-bond acceptors (Lipinski definition) is 3. The van der Waals surface area contributed by atoms with Crippen LogP contribution < -0.4 is 4.31 Å². The van der Waals surface area contributed by atoms with Gasteiger partial charge in [-0.05, 0) is 18.2 Å². The highest BCUT2D eigenvalue weighted by atomic mass is 32.2. The van der Waals surface area contributed by atoms with Gasteiger partial charge in [0.1, 0.15) is 0 Å². The average molecular weight is 303 g/mol. The molecule has 0 fully saturated rings. The van der Waals surface area contributed by atoms with Gasteiger partial charge < -0.3 is 5.11 Å². The number of anilines is 1. The molecule has 0 radical (unpaired) electrons. The van der Waals surface area contributed by atoms with E-state index in [9.17, 15) is 13.5 Å². The van der Waals surface area contributed by atoms with Crippen LogP contribution in [0.4, 0.5) is 5.69 Å². The van der Waals surface area contributed by atoms with E-state index in [2.05, 4.69) is 6.58 Å². The molecule has 0 spiro atoms. The second-order valence-corrected chi connectivity index (χ2v) is 6.46. The van der Waals surface area contributed by atoms with Crippen molar-refractivity contribution in [2.45, 2.75) is 11.0 Å². The van der Waals surface area contributed by atoms with E-state index in [1.54, 1.807) is 42.5 Å². The molecule has 1 atom stereocenters. The van der Waals surface area contributed by atoms with E-state index >= 15 is 0 Å². The molecule has 0 aliphatic heterocycles. The largest absolute Gasteiger partial charge is 0.384 e. The van der Waals surface area contributed by atoms with E-state index in [4.69, 9.17) is 0 Å². The van der Waals surface area contributed by atoms with Crippen molar-refractivity contribution < 1.29 is 13.5 Å². The highest BCUT2D eigenvalue weighted by Gasteiger charge is 2.25. The van der Waals surface area contributed by atoms with Gasteiger partial charge in [-0.15, -0.1) is 6.58 Å². The molecule has 0 bridgehead atoms. The molecule has 1 N–H and O–H groups in total. The third kappa shape index (κ3) is 2.99. The third-order valence-electron chi connectivity index (χ3n) is 3.22. The van der Waals surface area contributed by atoms with E-state index in [1.165, 1.54) is 23.5 Å². The lowest BCUT2D eigenvalue weighted by Crippen LogP contribution is -2.27. The van der Waals surface area contributed by atoms with Crippen LogP contribution in [0, 0.1) is 0 Å². The maximum absolute atomic E-state index is 12.8. The Morgan fingerprint density at radius 3 is 2.29 bits per heavy atom. The molecule has 1 unspecified atom stereocenters. The lowest BCUT2D eigenvalue weighted by Gasteiger charge is -2.22. The summed E-state index contributed by atoms with van der Waals surface area (Å²) in [7, 11) is -2.26. The Bertz CT molecular complexity index is 726. The molecule has 0 amide bonds. The van der Waals surface area contributed by atoms with Crippen molar-refractivity contribution in [1.82, 2.24) is 0 Å². The van der Waals surface area contributed by atoms with Gasteiger partial charge in [0.25, 0.3) is 10.0 Å². The molecular weight excluding hydrogens is 286 g/mol. The molecule has 2 aromatic carbocycles. The Hall–Kier alpha value is -2.11. The minimum Gasteiger partial charge on any atom is -0.384 e. The Labute approximate surface area is 125 Å². The van der Waals surface area contributed by atoms with Crippen LogP contribution in [-0.4, -0.2) is 20.6 Å². The number of hydrogen-bond donors (Lipinski definition) is 1. The number of para-hydroxylation sites is 1. The van der Waals surface area contributed by atoms with Gasteiger partial charge in [0.2, 0.25) is 0 Å². The first-order valence-electron chi connectivity index (χ1n) is 6.42. The predicted octanol–water partition coefficient (Wildman–Crippen LogP) is 2.73. The maximum atomic E-state index is 12.8. The van der Waals surface area contributed by atoms with Crippen molar-refractivity contribution in [2.24, 2.45) is 0 Å². The van der Waals surface area contributed by atoms with Crippen molar-refractivity contribution in [2.75, 3.05) is 11.4 Å². The number of sulfonamides is 1. The number of aliphatic hydroxyl groups is 1. The molecule has 0 saturated heterocycles. The first kappa shape index (κ1) is 15.3. The van der Waals surface area contributed by atoms with Gasteiger partial charge in [-0.25, -0.2) is 8.42 Å². The quantitative estimate of drug-likeness (QED) is 0.864. The number of nitrogens with zero attached hydrogens (tertiary/aromatic N) is 1. The van der Waals surface area contributed by atoms with Crippen LogP contribution in [0.15, 0.2) is 72.1 Å². The molecule has 0 aromatic heterocycles. The molecule has 4 nitrogen and oxygen atoms in total. The summed E-state index contributed by atoms with van der Waals surface area (Å²) in [5.41, 5.74) is 0.871. The van der Waals surface area contributed by atoms with Crippen molar-refractivity contribution in [3.63, 3.8) is 0 Å². The molecular formula is C16H17NO3S. The highest BCUT2D eigenvalue weighted by Crippen LogP contribution is 2.28. The highest BCUT2D eigenvalue weighted by molar-refractivity contribution is 7.92. The van der Waals surface area contributed by atoms with Crippen LogP contribution in [-0.2, 0) is 10.0 Å². The summed E-state index contributed by atoms with van der Waals surface area (Å²) in [6.45, 7) is 3.50. The fraction of sp³-hybridized carbons (Fsp3) is 0.125. The van der Waals surface area contributed by atoms with Crippen LogP contribution >= 0.6 is 0 Å².